The summed E-state index contributed by atoms with van der Waals surface area (Å²) >= 11 is 11.9. The maximum atomic E-state index is 13.3. The second-order valence-corrected chi connectivity index (χ2v) is 9.55. The van der Waals surface area contributed by atoms with Crippen molar-refractivity contribution >= 4 is 44.9 Å². The Morgan fingerprint density at radius 1 is 1.00 bits per heavy atom. The Morgan fingerprint density at radius 3 is 2.11 bits per heavy atom. The summed E-state index contributed by atoms with van der Waals surface area (Å²) in [6.45, 7) is 7.03. The van der Waals surface area contributed by atoms with Gasteiger partial charge in [0.15, 0.2) is 0 Å². The molecular weight excluding hydrogens is 421 g/mol. The van der Waals surface area contributed by atoms with E-state index >= 15 is 0 Å². The van der Waals surface area contributed by atoms with Crippen LogP contribution in [0.3, 0.4) is 0 Å². The van der Waals surface area contributed by atoms with Gasteiger partial charge in [-0.2, -0.15) is 0 Å². The lowest BCUT2D eigenvalue weighted by Gasteiger charge is -2.24. The van der Waals surface area contributed by atoms with Crippen LogP contribution in [-0.4, -0.2) is 27.0 Å². The summed E-state index contributed by atoms with van der Waals surface area (Å²) in [5.74, 6) is -0.355. The fraction of sp³-hybridized carbons (Fsp3) is 0.350. The Labute approximate surface area is 176 Å². The van der Waals surface area contributed by atoms with Crippen LogP contribution in [0.25, 0.3) is 0 Å². The molecule has 152 valence electrons. The van der Waals surface area contributed by atoms with Crippen molar-refractivity contribution in [1.82, 2.24) is 0 Å². The zero-order valence-electron chi connectivity index (χ0n) is 16.1. The van der Waals surface area contributed by atoms with E-state index in [2.05, 4.69) is 0 Å². The number of anilines is 1. The number of benzene rings is 2. The first-order valence-electron chi connectivity index (χ1n) is 8.79. The number of carbonyl (C=O) groups excluding carboxylic acids is 1. The van der Waals surface area contributed by atoms with E-state index in [0.29, 0.717) is 11.6 Å². The summed E-state index contributed by atoms with van der Waals surface area (Å²) in [7, 11) is -4.07. The van der Waals surface area contributed by atoms with Gasteiger partial charge in [0.2, 0.25) is 0 Å². The first-order valence-corrected chi connectivity index (χ1v) is 11.0. The molecule has 2 aromatic carbocycles. The molecule has 0 saturated carbocycles. The van der Waals surface area contributed by atoms with Gasteiger partial charge in [0, 0.05) is 0 Å². The molecule has 0 aliphatic heterocycles. The molecule has 0 aliphatic carbocycles. The van der Waals surface area contributed by atoms with Gasteiger partial charge >= 0.3 is 5.97 Å². The number of carbonyl (C=O) groups is 1. The predicted octanol–water partition coefficient (Wildman–Crippen LogP) is 5.26. The van der Waals surface area contributed by atoms with Crippen LogP contribution in [0.2, 0.25) is 10.0 Å². The molecule has 0 fully saturated rings. The van der Waals surface area contributed by atoms with Crippen LogP contribution in [0, 0.1) is 0 Å². The van der Waals surface area contributed by atoms with Crippen molar-refractivity contribution in [1.29, 1.82) is 0 Å². The molecule has 0 unspecified atom stereocenters. The summed E-state index contributed by atoms with van der Waals surface area (Å²) in [6, 6.07) is 11.1. The monoisotopic (exact) mass is 443 g/mol. The van der Waals surface area contributed by atoms with Crippen molar-refractivity contribution in [2.75, 3.05) is 10.8 Å². The molecule has 2 aromatic rings. The first kappa shape index (κ1) is 22.5. The second-order valence-electron chi connectivity index (χ2n) is 6.87. The molecule has 0 spiro atoms. The van der Waals surface area contributed by atoms with Crippen LogP contribution in [-0.2, 0) is 19.6 Å². The SMILES string of the molecule is CC(C)OC(=O)CN(c1ccc(C(C)C)cc1)S(=O)(=O)c1ccc(Cl)c(Cl)c1. The largest absolute Gasteiger partial charge is 0.462 e. The van der Waals surface area contributed by atoms with Crippen molar-refractivity contribution in [3.63, 3.8) is 0 Å². The lowest BCUT2D eigenvalue weighted by Crippen LogP contribution is -2.37. The Hall–Kier alpha value is -1.76. The summed E-state index contributed by atoms with van der Waals surface area (Å²) in [5, 5.41) is 0.357. The smallest absolute Gasteiger partial charge is 0.327 e. The van der Waals surface area contributed by atoms with Gasteiger partial charge in [0.1, 0.15) is 6.54 Å². The number of hydrogen-bond donors (Lipinski definition) is 0. The molecule has 0 aliphatic rings. The molecule has 0 N–H and O–H groups in total. The van der Waals surface area contributed by atoms with E-state index in [-0.39, 0.29) is 21.0 Å². The highest BCUT2D eigenvalue weighted by Gasteiger charge is 2.28. The Kier molecular flexibility index (Phi) is 7.37. The topological polar surface area (TPSA) is 63.7 Å². The van der Waals surface area contributed by atoms with Gasteiger partial charge in [-0.05, 0) is 55.7 Å². The van der Waals surface area contributed by atoms with Crippen LogP contribution in [0.1, 0.15) is 39.2 Å². The molecule has 0 saturated heterocycles. The van der Waals surface area contributed by atoms with E-state index in [4.69, 9.17) is 27.9 Å². The van der Waals surface area contributed by atoms with Crippen LogP contribution >= 0.6 is 23.2 Å². The third kappa shape index (κ3) is 5.40. The van der Waals surface area contributed by atoms with Gasteiger partial charge in [-0.25, -0.2) is 8.42 Å². The van der Waals surface area contributed by atoms with Crippen molar-refractivity contribution in [2.24, 2.45) is 0 Å². The van der Waals surface area contributed by atoms with Gasteiger partial charge in [0.25, 0.3) is 10.0 Å². The lowest BCUT2D eigenvalue weighted by molar-refractivity contribution is -0.145. The van der Waals surface area contributed by atoms with E-state index in [1.165, 1.54) is 18.2 Å². The highest BCUT2D eigenvalue weighted by Crippen LogP contribution is 2.30. The van der Waals surface area contributed by atoms with E-state index in [1.807, 2.05) is 26.0 Å². The zero-order valence-corrected chi connectivity index (χ0v) is 18.5. The summed E-state index contributed by atoms with van der Waals surface area (Å²) in [6.07, 6.45) is -0.356. The van der Waals surface area contributed by atoms with Crippen molar-refractivity contribution in [2.45, 2.75) is 44.6 Å². The third-order valence-corrected chi connectivity index (χ3v) is 6.48. The summed E-state index contributed by atoms with van der Waals surface area (Å²) in [5.41, 5.74) is 1.41. The molecule has 2 rings (SSSR count). The zero-order chi connectivity index (χ0) is 21.1. The fourth-order valence-electron chi connectivity index (χ4n) is 2.52. The summed E-state index contributed by atoms with van der Waals surface area (Å²) < 4.78 is 32.7. The van der Waals surface area contributed by atoms with Crippen LogP contribution in [0.5, 0.6) is 0 Å². The number of esters is 1. The maximum Gasteiger partial charge on any atom is 0.327 e. The third-order valence-electron chi connectivity index (χ3n) is 3.97. The summed E-state index contributed by atoms with van der Waals surface area (Å²) in [4.78, 5) is 12.2. The van der Waals surface area contributed by atoms with Gasteiger partial charge in [0.05, 0.1) is 26.7 Å². The van der Waals surface area contributed by atoms with Crippen LogP contribution in [0.4, 0.5) is 5.69 Å². The molecule has 0 radical (unpaired) electrons. The van der Waals surface area contributed by atoms with E-state index in [0.717, 1.165) is 9.87 Å². The number of hydrogen-bond acceptors (Lipinski definition) is 4. The highest BCUT2D eigenvalue weighted by molar-refractivity contribution is 7.92. The molecule has 28 heavy (non-hydrogen) atoms. The second kappa shape index (κ2) is 9.16. The van der Waals surface area contributed by atoms with E-state index < -0.39 is 22.5 Å². The van der Waals surface area contributed by atoms with Gasteiger partial charge in [-0.15, -0.1) is 0 Å². The molecule has 0 bridgehead atoms. The van der Waals surface area contributed by atoms with E-state index in [9.17, 15) is 13.2 Å². The highest BCUT2D eigenvalue weighted by atomic mass is 35.5. The number of halogens is 2. The molecule has 0 heterocycles. The average Bonchev–Trinajstić information content (AvgIpc) is 2.61. The maximum absolute atomic E-state index is 13.3. The first-order chi connectivity index (χ1) is 13.0. The molecule has 8 heteroatoms. The molecule has 0 atom stereocenters. The minimum Gasteiger partial charge on any atom is -0.462 e. The minimum absolute atomic E-state index is 0.0628. The molecule has 0 aromatic heterocycles. The van der Waals surface area contributed by atoms with Crippen LogP contribution < -0.4 is 4.31 Å². The van der Waals surface area contributed by atoms with Crippen molar-refractivity contribution < 1.29 is 17.9 Å². The fourth-order valence-corrected chi connectivity index (χ4v) is 4.32. The number of sulfonamides is 1. The Balaban J connectivity index is 2.49. The predicted molar refractivity (Wildman–Crippen MR) is 113 cm³/mol. The Morgan fingerprint density at radius 2 is 1.61 bits per heavy atom. The van der Waals surface area contributed by atoms with Gasteiger partial charge < -0.3 is 4.74 Å². The molecule has 5 nitrogen and oxygen atoms in total. The number of ether oxygens (including phenoxy) is 1. The average molecular weight is 444 g/mol. The minimum atomic E-state index is -4.07. The lowest BCUT2D eigenvalue weighted by atomic mass is 10.0. The van der Waals surface area contributed by atoms with E-state index in [1.54, 1.807) is 26.0 Å². The van der Waals surface area contributed by atoms with Crippen LogP contribution in [0.15, 0.2) is 47.4 Å². The standard InChI is InChI=1S/C20H23Cl2NO4S/c1-13(2)15-5-7-16(8-6-15)23(12-20(24)27-14(3)4)28(25,26)17-9-10-18(21)19(22)11-17/h5-11,13-14H,12H2,1-4H3. The molecular formula is C20H23Cl2NO4S. The number of nitrogens with zero attached hydrogens (tertiary/aromatic N) is 1. The van der Waals surface area contributed by atoms with Gasteiger partial charge in [-0.3, -0.25) is 9.10 Å². The van der Waals surface area contributed by atoms with Gasteiger partial charge in [-0.1, -0.05) is 49.2 Å². The van der Waals surface area contributed by atoms with Crippen molar-refractivity contribution in [3.8, 4) is 0 Å². The Bertz CT molecular complexity index is 941. The quantitative estimate of drug-likeness (QED) is 0.547. The normalized spacial score (nSPS) is 11.7. The molecule has 0 amide bonds. The number of rotatable bonds is 7. The van der Waals surface area contributed by atoms with Crippen molar-refractivity contribution in [3.05, 3.63) is 58.1 Å².